The monoisotopic (exact) mass is 232 g/mol. The minimum atomic E-state index is -0.766. The molecule has 1 aromatic carbocycles. The Balaban J connectivity index is 2.37. The molecule has 0 aliphatic rings. The quantitative estimate of drug-likeness (QED) is 0.875. The lowest BCUT2D eigenvalue weighted by molar-refractivity contribution is 0.199. The second kappa shape index (κ2) is 5.01. The van der Waals surface area contributed by atoms with Crippen LogP contribution in [0.5, 0.6) is 5.75 Å². The van der Waals surface area contributed by atoms with E-state index in [4.69, 9.17) is 4.74 Å². The van der Waals surface area contributed by atoms with Gasteiger partial charge in [0.05, 0.1) is 6.61 Å². The van der Waals surface area contributed by atoms with Crippen LogP contribution in [0.15, 0.2) is 36.7 Å². The summed E-state index contributed by atoms with van der Waals surface area (Å²) >= 11 is 0. The Labute approximate surface area is 100 Å². The summed E-state index contributed by atoms with van der Waals surface area (Å²) in [7, 11) is 1.86. The van der Waals surface area contributed by atoms with E-state index < -0.39 is 6.10 Å². The van der Waals surface area contributed by atoms with Gasteiger partial charge in [0.25, 0.3) is 0 Å². The molecule has 2 rings (SSSR count). The van der Waals surface area contributed by atoms with E-state index in [0.717, 1.165) is 5.56 Å². The average molecular weight is 232 g/mol. The van der Waals surface area contributed by atoms with Crippen LogP contribution in [0.2, 0.25) is 0 Å². The highest BCUT2D eigenvalue weighted by molar-refractivity contribution is 5.37. The third kappa shape index (κ3) is 2.31. The topological polar surface area (TPSA) is 47.3 Å². The van der Waals surface area contributed by atoms with Crippen molar-refractivity contribution in [3.05, 3.63) is 48.0 Å². The minimum Gasteiger partial charge on any atom is -0.493 e. The molecule has 0 fully saturated rings. The predicted octanol–water partition coefficient (Wildman–Crippen LogP) is 1.90. The largest absolute Gasteiger partial charge is 0.493 e. The summed E-state index contributed by atoms with van der Waals surface area (Å²) in [6, 6.07) is 7.47. The number of benzene rings is 1. The highest BCUT2D eigenvalue weighted by atomic mass is 16.5. The minimum absolute atomic E-state index is 0.574. The van der Waals surface area contributed by atoms with Crippen LogP contribution in [0.3, 0.4) is 0 Å². The SMILES string of the molecule is CCOc1ccccc1C(O)c1nccn1C. The van der Waals surface area contributed by atoms with Crippen LogP contribution in [0.1, 0.15) is 24.4 Å². The van der Waals surface area contributed by atoms with Crippen LogP contribution in [0.25, 0.3) is 0 Å². The molecule has 0 amide bonds. The molecule has 1 heterocycles. The molecule has 0 aliphatic heterocycles. The lowest BCUT2D eigenvalue weighted by Gasteiger charge is -2.15. The first-order valence-electron chi connectivity index (χ1n) is 5.61. The third-order valence-corrected chi connectivity index (χ3v) is 2.62. The van der Waals surface area contributed by atoms with Crippen molar-refractivity contribution in [1.29, 1.82) is 0 Å². The Hall–Kier alpha value is -1.81. The van der Waals surface area contributed by atoms with E-state index in [0.29, 0.717) is 18.2 Å². The van der Waals surface area contributed by atoms with Gasteiger partial charge in [0.1, 0.15) is 17.7 Å². The van der Waals surface area contributed by atoms with Crippen LogP contribution in [0.4, 0.5) is 0 Å². The van der Waals surface area contributed by atoms with Crippen molar-refractivity contribution in [2.45, 2.75) is 13.0 Å². The summed E-state index contributed by atoms with van der Waals surface area (Å²) in [4.78, 5) is 4.15. The lowest BCUT2D eigenvalue weighted by atomic mass is 10.1. The molecule has 90 valence electrons. The highest BCUT2D eigenvalue weighted by Gasteiger charge is 2.18. The number of hydrogen-bond acceptors (Lipinski definition) is 3. The van der Waals surface area contributed by atoms with Gasteiger partial charge in [-0.15, -0.1) is 0 Å². The van der Waals surface area contributed by atoms with E-state index in [-0.39, 0.29) is 0 Å². The second-order valence-electron chi connectivity index (χ2n) is 3.77. The summed E-state index contributed by atoms with van der Waals surface area (Å²) in [6.07, 6.45) is 2.71. The fraction of sp³-hybridized carbons (Fsp3) is 0.308. The van der Waals surface area contributed by atoms with Crippen molar-refractivity contribution < 1.29 is 9.84 Å². The maximum atomic E-state index is 10.3. The van der Waals surface area contributed by atoms with E-state index in [1.807, 2.05) is 44.4 Å². The first-order valence-corrected chi connectivity index (χ1v) is 5.61. The molecule has 0 spiro atoms. The summed E-state index contributed by atoms with van der Waals surface area (Å²) < 4.78 is 7.30. The van der Waals surface area contributed by atoms with Gasteiger partial charge in [-0.25, -0.2) is 4.98 Å². The number of imidazole rings is 1. The zero-order valence-corrected chi connectivity index (χ0v) is 10.00. The number of nitrogens with zero attached hydrogens (tertiary/aromatic N) is 2. The molecular formula is C13H16N2O2. The third-order valence-electron chi connectivity index (χ3n) is 2.62. The Morgan fingerprint density at radius 1 is 1.41 bits per heavy atom. The van der Waals surface area contributed by atoms with E-state index in [2.05, 4.69) is 4.98 Å². The zero-order chi connectivity index (χ0) is 12.3. The van der Waals surface area contributed by atoms with Crippen molar-refractivity contribution in [2.24, 2.45) is 7.05 Å². The summed E-state index contributed by atoms with van der Waals surface area (Å²) in [5.41, 5.74) is 0.739. The number of hydrogen-bond donors (Lipinski definition) is 1. The lowest BCUT2D eigenvalue weighted by Crippen LogP contribution is -2.09. The normalized spacial score (nSPS) is 12.4. The fourth-order valence-electron chi connectivity index (χ4n) is 1.77. The smallest absolute Gasteiger partial charge is 0.142 e. The van der Waals surface area contributed by atoms with E-state index in [1.54, 1.807) is 10.8 Å². The van der Waals surface area contributed by atoms with Gasteiger partial charge in [-0.1, -0.05) is 18.2 Å². The Morgan fingerprint density at radius 3 is 2.82 bits per heavy atom. The molecule has 4 heteroatoms. The first-order chi connectivity index (χ1) is 8.24. The number of aromatic nitrogens is 2. The highest BCUT2D eigenvalue weighted by Crippen LogP contribution is 2.28. The Morgan fingerprint density at radius 2 is 2.18 bits per heavy atom. The number of aliphatic hydroxyl groups excluding tert-OH is 1. The van der Waals surface area contributed by atoms with Crippen LogP contribution in [0, 0.1) is 0 Å². The van der Waals surface area contributed by atoms with Crippen molar-refractivity contribution in [3.8, 4) is 5.75 Å². The molecule has 1 N–H and O–H groups in total. The standard InChI is InChI=1S/C13H16N2O2/c1-3-17-11-7-5-4-6-10(11)12(16)13-14-8-9-15(13)2/h4-9,12,16H,3H2,1-2H3. The molecule has 0 bridgehead atoms. The number of rotatable bonds is 4. The molecule has 0 saturated carbocycles. The zero-order valence-electron chi connectivity index (χ0n) is 10.00. The van der Waals surface area contributed by atoms with Crippen LogP contribution < -0.4 is 4.74 Å². The van der Waals surface area contributed by atoms with Crippen LogP contribution in [-0.4, -0.2) is 21.3 Å². The molecule has 1 atom stereocenters. The van der Waals surface area contributed by atoms with Gasteiger partial charge >= 0.3 is 0 Å². The summed E-state index contributed by atoms with van der Waals surface area (Å²) in [5.74, 6) is 1.31. The van der Waals surface area contributed by atoms with Gasteiger partial charge < -0.3 is 14.4 Å². The molecule has 2 aromatic rings. The molecule has 17 heavy (non-hydrogen) atoms. The van der Waals surface area contributed by atoms with Gasteiger partial charge in [0, 0.05) is 25.0 Å². The first kappa shape index (κ1) is 11.7. The fourth-order valence-corrected chi connectivity index (χ4v) is 1.77. The molecule has 0 radical (unpaired) electrons. The molecule has 0 aliphatic carbocycles. The molecule has 1 aromatic heterocycles. The molecule has 1 unspecified atom stereocenters. The van der Waals surface area contributed by atoms with E-state index >= 15 is 0 Å². The van der Waals surface area contributed by atoms with Gasteiger partial charge in [-0.3, -0.25) is 0 Å². The maximum Gasteiger partial charge on any atom is 0.142 e. The summed E-state index contributed by atoms with van der Waals surface area (Å²) in [6.45, 7) is 2.49. The van der Waals surface area contributed by atoms with E-state index in [9.17, 15) is 5.11 Å². The average Bonchev–Trinajstić information content (AvgIpc) is 2.76. The van der Waals surface area contributed by atoms with Crippen molar-refractivity contribution >= 4 is 0 Å². The summed E-state index contributed by atoms with van der Waals surface area (Å²) in [5, 5.41) is 10.3. The molecule has 0 saturated heterocycles. The number of ether oxygens (including phenoxy) is 1. The van der Waals surface area contributed by atoms with Gasteiger partial charge in [0.2, 0.25) is 0 Å². The van der Waals surface area contributed by atoms with Gasteiger partial charge in [-0.05, 0) is 13.0 Å². The van der Waals surface area contributed by atoms with Gasteiger partial charge in [-0.2, -0.15) is 0 Å². The molecule has 4 nitrogen and oxygen atoms in total. The van der Waals surface area contributed by atoms with E-state index in [1.165, 1.54) is 0 Å². The van der Waals surface area contributed by atoms with Crippen LogP contribution in [-0.2, 0) is 7.05 Å². The van der Waals surface area contributed by atoms with Crippen LogP contribution >= 0.6 is 0 Å². The number of para-hydroxylation sites is 1. The van der Waals surface area contributed by atoms with Crippen molar-refractivity contribution in [3.63, 3.8) is 0 Å². The Bertz CT molecular complexity index is 494. The van der Waals surface area contributed by atoms with Crippen molar-refractivity contribution in [1.82, 2.24) is 9.55 Å². The second-order valence-corrected chi connectivity index (χ2v) is 3.77. The van der Waals surface area contributed by atoms with Gasteiger partial charge in [0.15, 0.2) is 0 Å². The number of aryl methyl sites for hydroxylation is 1. The number of aliphatic hydroxyl groups is 1. The van der Waals surface area contributed by atoms with Crippen molar-refractivity contribution in [2.75, 3.05) is 6.61 Å². The molecular weight excluding hydrogens is 216 g/mol. The Kier molecular flexibility index (Phi) is 3.44. The maximum absolute atomic E-state index is 10.3. The predicted molar refractivity (Wildman–Crippen MR) is 64.9 cm³/mol.